The van der Waals surface area contributed by atoms with Crippen molar-refractivity contribution in [2.24, 2.45) is 5.16 Å². The number of thiazole rings is 1. The molecule has 3 heterocycles. The molecule has 0 saturated carbocycles. The number of phenolic OH excluding ortho intramolecular Hbond substituents is 2. The summed E-state index contributed by atoms with van der Waals surface area (Å²) in [7, 11) is -4.90. The highest BCUT2D eigenvalue weighted by atomic mass is 127. The van der Waals surface area contributed by atoms with E-state index in [1.807, 2.05) is 0 Å². The molecule has 2 aromatic rings. The smallest absolute Gasteiger partial charge is 0.353 e. The minimum Gasteiger partial charge on any atom is -0.504 e. The van der Waals surface area contributed by atoms with Crippen LogP contribution in [0.25, 0.3) is 0 Å². The first-order valence-corrected chi connectivity index (χ1v) is 16.2. The monoisotopic (exact) mass is 809 g/mol. The maximum absolute atomic E-state index is 13.1. The van der Waals surface area contributed by atoms with Crippen molar-refractivity contribution in [3.63, 3.8) is 0 Å². The van der Waals surface area contributed by atoms with Gasteiger partial charge < -0.3 is 31.2 Å². The number of amides is 7. The number of hydrogen-bond donors (Lipinski definition) is 7. The van der Waals surface area contributed by atoms with Crippen molar-refractivity contribution in [1.82, 2.24) is 34.7 Å². The summed E-state index contributed by atoms with van der Waals surface area (Å²) in [4.78, 5) is 84.7. The van der Waals surface area contributed by atoms with E-state index in [1.165, 1.54) is 28.0 Å². The number of carbonyl (C=O) groups is 6. The summed E-state index contributed by atoms with van der Waals surface area (Å²) >= 11 is 2.43. The van der Waals surface area contributed by atoms with Gasteiger partial charge in [0.2, 0.25) is 5.60 Å². The van der Waals surface area contributed by atoms with Crippen LogP contribution >= 0.6 is 33.9 Å². The lowest BCUT2D eigenvalue weighted by molar-refractivity contribution is -0.161. The molecule has 2 aliphatic rings. The number of imide groups is 1. The van der Waals surface area contributed by atoms with Gasteiger partial charge in [-0.15, -0.1) is 11.3 Å². The highest BCUT2D eigenvalue weighted by Gasteiger charge is 2.55. The number of carboxylic acid groups (broad SMARTS) is 1. The number of oxime groups is 1. The zero-order valence-corrected chi connectivity index (χ0v) is 27.7. The van der Waals surface area contributed by atoms with Crippen LogP contribution in [0.4, 0.5) is 14.7 Å². The van der Waals surface area contributed by atoms with Crippen molar-refractivity contribution in [1.29, 1.82) is 0 Å². The Hall–Kier alpha value is -4.98. The molecule has 1 aromatic heterocycles. The van der Waals surface area contributed by atoms with Gasteiger partial charge in [0.25, 0.3) is 17.7 Å². The number of alkyl halides is 1. The number of nitrogens with one attached hydrogen (secondary N) is 3. The number of anilines is 1. The lowest BCUT2D eigenvalue weighted by Crippen LogP contribution is -2.74. The van der Waals surface area contributed by atoms with Gasteiger partial charge in [-0.1, -0.05) is 5.16 Å². The molecule has 0 aliphatic carbocycles. The Kier molecular flexibility index (Phi) is 9.40. The molecule has 2 aliphatic heterocycles. The molecular weight excluding hydrogens is 785 g/mol. The van der Waals surface area contributed by atoms with Crippen molar-refractivity contribution in [2.75, 3.05) is 25.4 Å². The molecule has 24 heteroatoms. The van der Waals surface area contributed by atoms with Crippen molar-refractivity contribution in [2.45, 2.75) is 23.0 Å². The second kappa shape index (κ2) is 12.7. The van der Waals surface area contributed by atoms with Crippen LogP contribution in [-0.2, 0) is 29.4 Å². The number of rotatable bonds is 10. The maximum Gasteiger partial charge on any atom is 0.353 e. The number of aromatic nitrogens is 1. The van der Waals surface area contributed by atoms with Crippen LogP contribution < -0.4 is 21.2 Å². The minimum absolute atomic E-state index is 0.0329. The van der Waals surface area contributed by atoms with Crippen LogP contribution in [0.1, 0.15) is 29.9 Å². The summed E-state index contributed by atoms with van der Waals surface area (Å²) < 4.78 is 25.7. The number of nitrogens with zero attached hydrogens (tertiary/aromatic N) is 5. The molecule has 0 bridgehead atoms. The van der Waals surface area contributed by atoms with Crippen LogP contribution in [0, 0.1) is 0 Å². The zero-order valence-electron chi connectivity index (χ0n) is 24.0. The molecule has 0 radical (unpaired) electrons. The number of carboxylic acids is 1. The fraction of sp³-hybridized carbons (Fsp3) is 0.304. The Morgan fingerprint density at radius 2 is 1.85 bits per heavy atom. The number of urea groups is 2. The third-order valence-corrected chi connectivity index (χ3v) is 9.43. The molecule has 7 amide bonds. The summed E-state index contributed by atoms with van der Waals surface area (Å²) in [5.41, 5.74) is 5.07. The number of hydrogen-bond acceptors (Lipinski definition) is 15. The van der Waals surface area contributed by atoms with E-state index in [0.29, 0.717) is 9.91 Å². The molecule has 21 nitrogen and oxygen atoms in total. The second-order valence-corrected chi connectivity index (χ2v) is 14.5. The second-order valence-electron chi connectivity index (χ2n) is 10.1. The third-order valence-electron chi connectivity index (χ3n) is 6.33. The molecule has 1 atom stereocenters. The number of likely N-dealkylation sites (tertiary alicyclic amines) is 1. The molecule has 2 saturated heterocycles. The van der Waals surface area contributed by atoms with Crippen LogP contribution in [-0.4, -0.2) is 113 Å². The Morgan fingerprint density at radius 1 is 1.17 bits per heavy atom. The number of benzene rings is 1. The molecule has 2 fully saturated rings. The highest BCUT2D eigenvalue weighted by Crippen LogP contribution is 2.31. The molecule has 0 spiro atoms. The Balaban J connectivity index is 1.38. The molecular formula is C23H24IN9O12S2. The number of aliphatic carboxylic acids is 1. The van der Waals surface area contributed by atoms with Gasteiger partial charge in [0, 0.05) is 10.9 Å². The van der Waals surface area contributed by atoms with E-state index in [1.54, 1.807) is 4.72 Å². The standard InChI is InChI=1S/C23H24IN9O12S2/c1-22(2,18(39)40)45-29-14(11-8-46-19(25)26-11)16(37)27-23(24)9-31(17(23)38)20(41)30-47(43,44)33-6-5-32(21(33)42)28-15(36)10-3-4-12(34)13(35)7-10/h3-4,7-8,34-35H,5-6,9H2,1-2H3,(H2,25,26)(H,27,37)(H,28,36)(H,30,41)(H,39,40). The highest BCUT2D eigenvalue weighted by molar-refractivity contribution is 14.1. The van der Waals surface area contributed by atoms with Crippen LogP contribution in [0.3, 0.4) is 0 Å². The average Bonchev–Trinajstić information content (AvgIpc) is 3.57. The fourth-order valence-corrected chi connectivity index (χ4v) is 6.18. The van der Waals surface area contributed by atoms with E-state index in [2.05, 4.69) is 20.9 Å². The SMILES string of the molecule is CC(C)(ON=C(C(=O)NC1(I)CN(C(=O)NS(=O)(=O)N2CCN(NC(=O)c3ccc(O)c(O)c3)C2=O)C1=O)c1csc(N)n1)C(=O)O. The number of nitrogen functional groups attached to an aromatic ring is 1. The Bertz CT molecular complexity index is 1830. The van der Waals surface area contributed by atoms with E-state index >= 15 is 0 Å². The van der Waals surface area contributed by atoms with Gasteiger partial charge in [-0.25, -0.2) is 33.4 Å². The van der Waals surface area contributed by atoms with Gasteiger partial charge in [-0.3, -0.25) is 24.7 Å². The predicted octanol–water partition coefficient (Wildman–Crippen LogP) is -1.15. The third kappa shape index (κ3) is 7.22. The predicted molar refractivity (Wildman–Crippen MR) is 166 cm³/mol. The number of nitrogens with two attached hydrogens (primary N) is 1. The molecule has 8 N–H and O–H groups in total. The van der Waals surface area contributed by atoms with Crippen LogP contribution in [0.5, 0.6) is 11.5 Å². The number of hydrazine groups is 1. The quantitative estimate of drug-likeness (QED) is 0.0284. The average molecular weight is 810 g/mol. The summed E-state index contributed by atoms with van der Waals surface area (Å²) in [5, 5.41) is 36.1. The lowest BCUT2D eigenvalue weighted by atomic mass is 10.1. The molecule has 1 unspecified atom stereocenters. The normalized spacial score (nSPS) is 18.4. The zero-order chi connectivity index (χ0) is 35.1. The minimum atomic E-state index is -4.90. The van der Waals surface area contributed by atoms with Crippen LogP contribution in [0.2, 0.25) is 0 Å². The van der Waals surface area contributed by atoms with E-state index in [4.69, 9.17) is 10.6 Å². The summed E-state index contributed by atoms with van der Waals surface area (Å²) in [5.74, 6) is -5.58. The first-order chi connectivity index (χ1) is 21.8. The number of β-lactam (4-membered cyclic amide) rings is 1. The first kappa shape index (κ1) is 34.9. The van der Waals surface area contributed by atoms with E-state index in [0.717, 1.165) is 43.4 Å². The lowest BCUT2D eigenvalue weighted by Gasteiger charge is -2.43. The molecule has 47 heavy (non-hydrogen) atoms. The molecule has 1 aromatic carbocycles. The van der Waals surface area contributed by atoms with Gasteiger partial charge in [-0.2, -0.15) is 8.42 Å². The van der Waals surface area contributed by atoms with Gasteiger partial charge in [-0.05, 0) is 54.6 Å². The summed E-state index contributed by atoms with van der Waals surface area (Å²) in [6.45, 7) is 0.932. The summed E-state index contributed by atoms with van der Waals surface area (Å²) in [6, 6.07) is 0.358. The van der Waals surface area contributed by atoms with Crippen molar-refractivity contribution < 1.29 is 57.3 Å². The van der Waals surface area contributed by atoms with Gasteiger partial charge in [0.15, 0.2) is 25.9 Å². The number of aromatic hydroxyl groups is 2. The number of phenols is 2. The molecule has 252 valence electrons. The van der Waals surface area contributed by atoms with E-state index < -0.39 is 85.4 Å². The van der Waals surface area contributed by atoms with Gasteiger partial charge >= 0.3 is 28.2 Å². The first-order valence-electron chi connectivity index (χ1n) is 12.8. The van der Waals surface area contributed by atoms with Crippen molar-refractivity contribution >= 4 is 90.7 Å². The Labute approximate surface area is 281 Å². The number of halogens is 1. The Morgan fingerprint density at radius 3 is 2.43 bits per heavy atom. The number of carbonyl (C=O) groups excluding carboxylic acids is 5. The van der Waals surface area contributed by atoms with E-state index in [-0.39, 0.29) is 27.2 Å². The summed E-state index contributed by atoms with van der Waals surface area (Å²) in [6.07, 6.45) is 0. The van der Waals surface area contributed by atoms with E-state index in [9.17, 15) is 52.5 Å². The van der Waals surface area contributed by atoms with Crippen molar-refractivity contribution in [3.8, 4) is 11.5 Å². The van der Waals surface area contributed by atoms with Gasteiger partial charge in [0.1, 0.15) is 5.69 Å². The fourth-order valence-electron chi connectivity index (χ4n) is 3.69. The molecule has 4 rings (SSSR count). The largest absolute Gasteiger partial charge is 0.504 e. The van der Waals surface area contributed by atoms with Gasteiger partial charge in [0.05, 0.1) is 19.6 Å². The van der Waals surface area contributed by atoms with Crippen molar-refractivity contribution in [3.05, 3.63) is 34.8 Å². The topological polar surface area (TPSA) is 304 Å². The maximum atomic E-state index is 13.1. The van der Waals surface area contributed by atoms with Crippen LogP contribution in [0.15, 0.2) is 28.7 Å².